The third-order valence-electron chi connectivity index (χ3n) is 4.46. The second kappa shape index (κ2) is 3.76. The Bertz CT molecular complexity index is 666. The van der Waals surface area contributed by atoms with Crippen LogP contribution in [-0.4, -0.2) is 31.2 Å². The molecule has 0 atom stereocenters. The van der Waals surface area contributed by atoms with Crippen LogP contribution in [0.2, 0.25) is 0 Å². The van der Waals surface area contributed by atoms with Gasteiger partial charge in [-0.25, -0.2) is 4.79 Å². The van der Waals surface area contributed by atoms with E-state index in [-0.39, 0.29) is 5.97 Å². The number of H-pyrrole nitrogens is 1. The highest BCUT2D eigenvalue weighted by Gasteiger charge is 2.33. The van der Waals surface area contributed by atoms with Gasteiger partial charge in [-0.2, -0.15) is 0 Å². The normalized spacial score (nSPS) is 17.8. The first-order valence-electron chi connectivity index (χ1n) is 6.77. The van der Waals surface area contributed by atoms with Crippen LogP contribution < -0.4 is 4.90 Å². The Morgan fingerprint density at radius 2 is 2.16 bits per heavy atom. The van der Waals surface area contributed by atoms with Crippen molar-refractivity contribution in [3.05, 3.63) is 29.3 Å². The number of hydrogen-bond donors (Lipinski definition) is 1. The summed E-state index contributed by atoms with van der Waals surface area (Å²) in [4.78, 5) is 17.6. The molecular weight excluding hydrogens is 240 g/mol. The number of ether oxygens (including phenoxy) is 1. The van der Waals surface area contributed by atoms with Crippen molar-refractivity contribution in [3.8, 4) is 0 Å². The van der Waals surface area contributed by atoms with Gasteiger partial charge in [0.15, 0.2) is 0 Å². The molecule has 2 bridgehead atoms. The zero-order chi connectivity index (χ0) is 13.0. The summed E-state index contributed by atoms with van der Waals surface area (Å²) in [6.45, 7) is 2.29. The quantitative estimate of drug-likeness (QED) is 0.798. The summed E-state index contributed by atoms with van der Waals surface area (Å²) in [7, 11) is 1.42. The van der Waals surface area contributed by atoms with Crippen molar-refractivity contribution < 1.29 is 9.53 Å². The minimum atomic E-state index is -0.266. The lowest BCUT2D eigenvalue weighted by molar-refractivity contribution is 0.0601. The lowest BCUT2D eigenvalue weighted by Crippen LogP contribution is -2.38. The lowest BCUT2D eigenvalue weighted by atomic mass is 9.84. The molecule has 3 aliphatic heterocycles. The Morgan fingerprint density at radius 3 is 2.89 bits per heavy atom. The average Bonchev–Trinajstić information content (AvgIpc) is 2.88. The number of methoxy groups -OCH3 is 1. The summed E-state index contributed by atoms with van der Waals surface area (Å²) in [6, 6.07) is 5.78. The molecule has 1 fully saturated rings. The van der Waals surface area contributed by atoms with Crippen molar-refractivity contribution in [2.75, 3.05) is 25.1 Å². The van der Waals surface area contributed by atoms with Crippen LogP contribution in [-0.2, 0) is 4.74 Å². The number of nitrogens with zero attached hydrogens (tertiary/aromatic N) is 1. The molecule has 1 aromatic heterocycles. The fourth-order valence-corrected chi connectivity index (χ4v) is 3.50. The fourth-order valence-electron chi connectivity index (χ4n) is 3.50. The monoisotopic (exact) mass is 256 g/mol. The highest BCUT2D eigenvalue weighted by atomic mass is 16.5. The molecule has 5 rings (SSSR count). The molecule has 4 nitrogen and oxygen atoms in total. The van der Waals surface area contributed by atoms with Gasteiger partial charge in [-0.15, -0.1) is 0 Å². The largest absolute Gasteiger partial charge is 0.465 e. The van der Waals surface area contributed by atoms with Crippen LogP contribution in [0.1, 0.15) is 34.7 Å². The van der Waals surface area contributed by atoms with Gasteiger partial charge >= 0.3 is 5.97 Å². The van der Waals surface area contributed by atoms with Crippen LogP contribution in [0.25, 0.3) is 10.9 Å². The predicted molar refractivity (Wildman–Crippen MR) is 73.8 cm³/mol. The van der Waals surface area contributed by atoms with Gasteiger partial charge in [-0.05, 0) is 37.0 Å². The van der Waals surface area contributed by atoms with E-state index in [2.05, 4.69) is 9.88 Å². The topological polar surface area (TPSA) is 45.3 Å². The Morgan fingerprint density at radius 1 is 1.37 bits per heavy atom. The number of piperidine rings is 1. The van der Waals surface area contributed by atoms with Gasteiger partial charge in [-0.1, -0.05) is 0 Å². The maximum Gasteiger partial charge on any atom is 0.337 e. The molecule has 1 N–H and O–H groups in total. The standard InChI is InChI=1S/C15H16N2O2/c1-19-15(18)10-2-3-12-11(8-10)13-9-4-6-17(7-5-9)14(13)16-12/h2-3,8-9,16H,4-7H2,1H3. The maximum atomic E-state index is 11.7. The number of fused-ring (bicyclic) bond motifs is 3. The van der Waals surface area contributed by atoms with Crippen LogP contribution in [0.15, 0.2) is 18.2 Å². The summed E-state index contributed by atoms with van der Waals surface area (Å²) >= 11 is 0. The Balaban J connectivity index is 1.94. The number of anilines is 1. The van der Waals surface area contributed by atoms with E-state index < -0.39 is 0 Å². The van der Waals surface area contributed by atoms with Crippen molar-refractivity contribution in [1.29, 1.82) is 0 Å². The molecule has 4 heteroatoms. The number of aromatic amines is 1. The van der Waals surface area contributed by atoms with E-state index in [4.69, 9.17) is 4.74 Å². The van der Waals surface area contributed by atoms with Crippen LogP contribution in [0, 0.1) is 0 Å². The van der Waals surface area contributed by atoms with Crippen LogP contribution in [0.5, 0.6) is 0 Å². The summed E-state index contributed by atoms with van der Waals surface area (Å²) in [5.74, 6) is 1.64. The van der Waals surface area contributed by atoms with Crippen molar-refractivity contribution in [2.24, 2.45) is 0 Å². The number of carbonyl (C=O) groups excluding carboxylic acids is 1. The lowest BCUT2D eigenvalue weighted by Gasteiger charge is -2.40. The second-order valence-corrected chi connectivity index (χ2v) is 5.40. The van der Waals surface area contributed by atoms with E-state index in [9.17, 15) is 4.79 Å². The fraction of sp³-hybridized carbons (Fsp3) is 0.400. The molecule has 0 radical (unpaired) electrons. The van der Waals surface area contributed by atoms with Crippen LogP contribution in [0.3, 0.4) is 0 Å². The van der Waals surface area contributed by atoms with E-state index in [1.807, 2.05) is 18.2 Å². The van der Waals surface area contributed by atoms with Gasteiger partial charge in [0, 0.05) is 29.6 Å². The highest BCUT2D eigenvalue weighted by molar-refractivity contribution is 5.98. The zero-order valence-corrected chi connectivity index (χ0v) is 10.9. The van der Waals surface area contributed by atoms with E-state index in [1.165, 1.54) is 36.7 Å². The number of rotatable bonds is 1. The van der Waals surface area contributed by atoms with E-state index in [1.54, 1.807) is 0 Å². The molecule has 4 heterocycles. The summed E-state index contributed by atoms with van der Waals surface area (Å²) in [5, 5.41) is 1.19. The summed E-state index contributed by atoms with van der Waals surface area (Å²) in [5.41, 5.74) is 3.16. The van der Waals surface area contributed by atoms with Gasteiger partial charge in [0.25, 0.3) is 0 Å². The Labute approximate surface area is 111 Å². The first kappa shape index (κ1) is 10.9. The minimum Gasteiger partial charge on any atom is -0.465 e. The number of nitrogens with one attached hydrogen (secondary N) is 1. The van der Waals surface area contributed by atoms with Gasteiger partial charge in [0.05, 0.1) is 12.7 Å². The van der Waals surface area contributed by atoms with Crippen molar-refractivity contribution in [1.82, 2.24) is 4.98 Å². The van der Waals surface area contributed by atoms with Gasteiger partial charge in [-0.3, -0.25) is 0 Å². The molecule has 0 amide bonds. The van der Waals surface area contributed by atoms with Crippen molar-refractivity contribution >= 4 is 22.7 Å². The molecule has 0 saturated carbocycles. The maximum absolute atomic E-state index is 11.7. The Kier molecular flexibility index (Phi) is 2.16. The minimum absolute atomic E-state index is 0.266. The summed E-state index contributed by atoms with van der Waals surface area (Å²) in [6.07, 6.45) is 2.45. The SMILES string of the molecule is COC(=O)c1ccc2[nH]c3c(c2c1)C1CCN3CC1. The van der Waals surface area contributed by atoms with Crippen molar-refractivity contribution in [2.45, 2.75) is 18.8 Å². The van der Waals surface area contributed by atoms with Gasteiger partial charge in [0.1, 0.15) is 5.82 Å². The first-order chi connectivity index (χ1) is 9.28. The van der Waals surface area contributed by atoms with E-state index in [0.29, 0.717) is 11.5 Å². The van der Waals surface area contributed by atoms with Gasteiger partial charge in [0.2, 0.25) is 0 Å². The third-order valence-corrected chi connectivity index (χ3v) is 4.46. The average molecular weight is 256 g/mol. The first-order valence-corrected chi connectivity index (χ1v) is 6.77. The highest BCUT2D eigenvalue weighted by Crippen LogP contribution is 2.45. The molecule has 19 heavy (non-hydrogen) atoms. The number of carbonyl (C=O) groups is 1. The van der Waals surface area contributed by atoms with Gasteiger partial charge < -0.3 is 14.6 Å². The number of hydrogen-bond acceptors (Lipinski definition) is 3. The number of esters is 1. The summed E-state index contributed by atoms with van der Waals surface area (Å²) < 4.78 is 4.81. The molecule has 2 aromatic rings. The third kappa shape index (κ3) is 1.43. The molecule has 1 aromatic carbocycles. The molecule has 0 unspecified atom stereocenters. The predicted octanol–water partition coefficient (Wildman–Crippen LogP) is 2.65. The second-order valence-electron chi connectivity index (χ2n) is 5.40. The molecule has 1 saturated heterocycles. The molecule has 0 aliphatic carbocycles. The zero-order valence-electron chi connectivity index (χ0n) is 10.9. The van der Waals surface area contributed by atoms with E-state index >= 15 is 0 Å². The smallest absolute Gasteiger partial charge is 0.337 e. The number of benzene rings is 1. The molecular formula is C15H16N2O2. The molecule has 3 aliphatic rings. The van der Waals surface area contributed by atoms with E-state index in [0.717, 1.165) is 18.6 Å². The number of aromatic nitrogens is 1. The van der Waals surface area contributed by atoms with Crippen LogP contribution in [0.4, 0.5) is 5.82 Å². The van der Waals surface area contributed by atoms with Crippen LogP contribution >= 0.6 is 0 Å². The molecule has 0 spiro atoms. The van der Waals surface area contributed by atoms with Crippen molar-refractivity contribution in [3.63, 3.8) is 0 Å². The Hall–Kier alpha value is -1.97. The molecule has 98 valence electrons.